The normalized spacial score (nSPS) is 11.5. The Balaban J connectivity index is 2.49. The van der Waals surface area contributed by atoms with Gasteiger partial charge in [0, 0.05) is 9.92 Å². The van der Waals surface area contributed by atoms with E-state index < -0.39 is 0 Å². The first-order valence-electron chi connectivity index (χ1n) is 6.15. The summed E-state index contributed by atoms with van der Waals surface area (Å²) in [5.74, 6) is 1.22. The van der Waals surface area contributed by atoms with Gasteiger partial charge in [0.1, 0.15) is 11.5 Å². The minimum Gasteiger partial charge on any atom is -0.456 e. The number of nitrogens with two attached hydrogens (primary N) is 1. The van der Waals surface area contributed by atoms with E-state index in [0.29, 0.717) is 22.1 Å². The van der Waals surface area contributed by atoms with Crippen molar-refractivity contribution in [3.05, 3.63) is 52.5 Å². The van der Waals surface area contributed by atoms with E-state index >= 15 is 0 Å². The van der Waals surface area contributed by atoms with E-state index in [9.17, 15) is 0 Å². The molecular formula is C15H15ClN2O2S. The minimum atomic E-state index is 0.0153. The quantitative estimate of drug-likeness (QED) is 0.290. The Hall–Kier alpha value is -1.85. The van der Waals surface area contributed by atoms with Gasteiger partial charge < -0.3 is 15.7 Å². The van der Waals surface area contributed by atoms with E-state index in [1.54, 1.807) is 18.2 Å². The van der Waals surface area contributed by atoms with Crippen LogP contribution >= 0.6 is 23.4 Å². The van der Waals surface area contributed by atoms with E-state index in [1.807, 2.05) is 31.4 Å². The third kappa shape index (κ3) is 3.43. The summed E-state index contributed by atoms with van der Waals surface area (Å²) in [6, 6.07) is 10.9. The fourth-order valence-electron chi connectivity index (χ4n) is 1.91. The van der Waals surface area contributed by atoms with Gasteiger partial charge in [-0.1, -0.05) is 22.8 Å². The lowest BCUT2D eigenvalue weighted by molar-refractivity contribution is 0.318. The molecule has 0 saturated carbocycles. The zero-order chi connectivity index (χ0) is 15.4. The molecule has 0 saturated heterocycles. The molecule has 2 aromatic rings. The molecule has 0 radical (unpaired) electrons. The number of thioether (sulfide) groups is 1. The van der Waals surface area contributed by atoms with E-state index in [0.717, 1.165) is 10.5 Å². The van der Waals surface area contributed by atoms with Crippen LogP contribution < -0.4 is 10.5 Å². The van der Waals surface area contributed by atoms with E-state index in [-0.39, 0.29) is 5.84 Å². The number of nitrogens with zero attached hydrogens (tertiary/aromatic N) is 1. The van der Waals surface area contributed by atoms with Crippen LogP contribution in [0, 0.1) is 6.92 Å². The summed E-state index contributed by atoms with van der Waals surface area (Å²) in [5.41, 5.74) is 7.25. The molecule has 0 aliphatic rings. The Morgan fingerprint density at radius 2 is 2.05 bits per heavy atom. The molecule has 110 valence electrons. The number of aryl methyl sites for hydroxylation is 1. The van der Waals surface area contributed by atoms with Gasteiger partial charge in [-0.05, 0) is 49.1 Å². The van der Waals surface area contributed by atoms with Crippen molar-refractivity contribution >= 4 is 29.2 Å². The molecule has 4 nitrogen and oxygen atoms in total. The number of amidine groups is 1. The molecular weight excluding hydrogens is 308 g/mol. The van der Waals surface area contributed by atoms with Crippen molar-refractivity contribution in [2.24, 2.45) is 10.9 Å². The van der Waals surface area contributed by atoms with Crippen molar-refractivity contribution < 1.29 is 9.94 Å². The SMILES string of the molecule is CSc1cccc(Oc2ccc(Cl)cc2C)c1/C(N)=N/O. The largest absolute Gasteiger partial charge is 0.456 e. The highest BCUT2D eigenvalue weighted by Crippen LogP contribution is 2.33. The molecule has 0 atom stereocenters. The molecule has 0 aliphatic heterocycles. The maximum absolute atomic E-state index is 8.97. The van der Waals surface area contributed by atoms with Crippen molar-refractivity contribution in [3.8, 4) is 11.5 Å². The number of ether oxygens (including phenoxy) is 1. The minimum absolute atomic E-state index is 0.0153. The zero-order valence-electron chi connectivity index (χ0n) is 11.6. The standard InChI is InChI=1S/C15H15ClN2O2S/c1-9-8-10(16)6-7-11(9)20-12-4-3-5-13(21-2)14(12)15(17)18-19/h3-8,19H,1-2H3,(H2,17,18). The van der Waals surface area contributed by atoms with Gasteiger partial charge >= 0.3 is 0 Å². The van der Waals surface area contributed by atoms with E-state index in [2.05, 4.69) is 5.16 Å². The summed E-state index contributed by atoms with van der Waals surface area (Å²) in [4.78, 5) is 0.870. The molecule has 0 amide bonds. The fourth-order valence-corrected chi connectivity index (χ4v) is 2.76. The van der Waals surface area contributed by atoms with Crippen molar-refractivity contribution in [3.63, 3.8) is 0 Å². The molecule has 2 aromatic carbocycles. The van der Waals surface area contributed by atoms with Gasteiger partial charge in [-0.15, -0.1) is 11.8 Å². The lowest BCUT2D eigenvalue weighted by Gasteiger charge is -2.14. The van der Waals surface area contributed by atoms with E-state index in [1.165, 1.54) is 11.8 Å². The third-order valence-corrected chi connectivity index (χ3v) is 3.94. The zero-order valence-corrected chi connectivity index (χ0v) is 13.2. The number of rotatable bonds is 4. The first kappa shape index (κ1) is 15.5. The lowest BCUT2D eigenvalue weighted by Crippen LogP contribution is -2.15. The van der Waals surface area contributed by atoms with Crippen LogP contribution in [0.2, 0.25) is 5.02 Å². The number of hydrogen-bond acceptors (Lipinski definition) is 4. The first-order chi connectivity index (χ1) is 10.1. The molecule has 0 spiro atoms. The summed E-state index contributed by atoms with van der Waals surface area (Å²) >= 11 is 7.44. The summed E-state index contributed by atoms with van der Waals surface area (Å²) in [7, 11) is 0. The van der Waals surface area contributed by atoms with Gasteiger partial charge in [0.25, 0.3) is 0 Å². The fraction of sp³-hybridized carbons (Fsp3) is 0.133. The average molecular weight is 323 g/mol. The Labute approximate surface area is 132 Å². The average Bonchev–Trinajstić information content (AvgIpc) is 2.49. The summed E-state index contributed by atoms with van der Waals surface area (Å²) in [6.07, 6.45) is 1.92. The van der Waals surface area contributed by atoms with Crippen LogP contribution in [0.5, 0.6) is 11.5 Å². The topological polar surface area (TPSA) is 67.8 Å². The van der Waals surface area contributed by atoms with Gasteiger partial charge in [-0.3, -0.25) is 0 Å². The van der Waals surface area contributed by atoms with Crippen LogP contribution in [0.4, 0.5) is 0 Å². The van der Waals surface area contributed by atoms with Crippen LogP contribution in [-0.4, -0.2) is 17.3 Å². The number of benzene rings is 2. The molecule has 0 unspecified atom stereocenters. The highest BCUT2D eigenvalue weighted by molar-refractivity contribution is 7.98. The molecule has 2 rings (SSSR count). The Bertz CT molecular complexity index is 689. The Kier molecular flexibility index (Phi) is 4.98. The summed E-state index contributed by atoms with van der Waals surface area (Å²) < 4.78 is 5.92. The molecule has 6 heteroatoms. The predicted molar refractivity (Wildman–Crippen MR) is 87.0 cm³/mol. The molecule has 3 N–H and O–H groups in total. The van der Waals surface area contributed by atoms with Crippen LogP contribution in [0.1, 0.15) is 11.1 Å². The molecule has 21 heavy (non-hydrogen) atoms. The van der Waals surface area contributed by atoms with E-state index in [4.69, 9.17) is 27.3 Å². The van der Waals surface area contributed by atoms with Gasteiger partial charge in [-0.2, -0.15) is 0 Å². The monoisotopic (exact) mass is 322 g/mol. The second-order valence-electron chi connectivity index (χ2n) is 4.33. The highest BCUT2D eigenvalue weighted by Gasteiger charge is 2.15. The lowest BCUT2D eigenvalue weighted by atomic mass is 10.1. The third-order valence-electron chi connectivity index (χ3n) is 2.93. The van der Waals surface area contributed by atoms with Gasteiger partial charge in [0.05, 0.1) is 5.56 Å². The second-order valence-corrected chi connectivity index (χ2v) is 5.62. The van der Waals surface area contributed by atoms with Crippen LogP contribution in [-0.2, 0) is 0 Å². The summed E-state index contributed by atoms with van der Waals surface area (Å²) in [5, 5.41) is 12.7. The van der Waals surface area contributed by atoms with Crippen molar-refractivity contribution in [2.75, 3.05) is 6.26 Å². The number of oxime groups is 1. The van der Waals surface area contributed by atoms with Crippen LogP contribution in [0.25, 0.3) is 0 Å². The molecule has 0 heterocycles. The predicted octanol–water partition coefficient (Wildman–Crippen LogP) is 4.26. The molecule has 0 aromatic heterocycles. The van der Waals surface area contributed by atoms with Crippen LogP contribution in [0.15, 0.2) is 46.4 Å². The van der Waals surface area contributed by atoms with Gasteiger partial charge in [-0.25, -0.2) is 0 Å². The Morgan fingerprint density at radius 3 is 2.67 bits per heavy atom. The molecule has 0 fully saturated rings. The van der Waals surface area contributed by atoms with Gasteiger partial charge in [0.15, 0.2) is 5.84 Å². The van der Waals surface area contributed by atoms with Gasteiger partial charge in [0.2, 0.25) is 0 Å². The highest BCUT2D eigenvalue weighted by atomic mass is 35.5. The second kappa shape index (κ2) is 6.74. The van der Waals surface area contributed by atoms with Crippen molar-refractivity contribution in [1.82, 2.24) is 0 Å². The van der Waals surface area contributed by atoms with Crippen LogP contribution in [0.3, 0.4) is 0 Å². The Morgan fingerprint density at radius 1 is 1.29 bits per heavy atom. The number of halogens is 1. The molecule has 0 bridgehead atoms. The smallest absolute Gasteiger partial charge is 0.175 e. The summed E-state index contributed by atoms with van der Waals surface area (Å²) in [6.45, 7) is 1.91. The maximum atomic E-state index is 8.97. The molecule has 0 aliphatic carbocycles. The van der Waals surface area contributed by atoms with Crippen molar-refractivity contribution in [1.29, 1.82) is 0 Å². The van der Waals surface area contributed by atoms with Crippen molar-refractivity contribution in [2.45, 2.75) is 11.8 Å². The number of hydrogen-bond donors (Lipinski definition) is 2. The first-order valence-corrected chi connectivity index (χ1v) is 7.76. The maximum Gasteiger partial charge on any atom is 0.175 e.